The van der Waals surface area contributed by atoms with E-state index in [0.717, 1.165) is 30.4 Å². The van der Waals surface area contributed by atoms with Crippen molar-refractivity contribution in [1.82, 2.24) is 14.8 Å². The molecule has 23 heavy (non-hydrogen) atoms. The number of fused-ring (bicyclic) bond motifs is 3. The van der Waals surface area contributed by atoms with Crippen LogP contribution in [-0.4, -0.2) is 58.7 Å². The topological polar surface area (TPSA) is 42.5 Å². The van der Waals surface area contributed by atoms with Crippen LogP contribution in [-0.2, 0) is 13.0 Å². The Bertz CT molecular complexity index is 682. The van der Waals surface area contributed by atoms with Crippen molar-refractivity contribution in [3.63, 3.8) is 0 Å². The lowest BCUT2D eigenvalue weighted by Gasteiger charge is -2.31. The minimum absolute atomic E-state index is 0.199. The molecule has 2 heterocycles. The van der Waals surface area contributed by atoms with Crippen molar-refractivity contribution < 1.29 is 9.50 Å². The van der Waals surface area contributed by atoms with Crippen molar-refractivity contribution in [3.05, 3.63) is 35.3 Å². The van der Waals surface area contributed by atoms with E-state index in [4.69, 9.17) is 0 Å². The number of rotatable bonds is 5. The van der Waals surface area contributed by atoms with Crippen LogP contribution in [0.15, 0.2) is 18.2 Å². The van der Waals surface area contributed by atoms with Crippen LogP contribution in [0.3, 0.4) is 0 Å². The van der Waals surface area contributed by atoms with Gasteiger partial charge in [0.25, 0.3) is 0 Å². The standard InChI is InChI=1S/C18H26FN3O/c1-12(2)21(3)9-14(23)10-22-7-6-18-16(11-22)15-8-13(19)4-5-17(15)20-18/h4-5,8,12,14,20,23H,6-7,9-11H2,1-3H3. The smallest absolute Gasteiger partial charge is 0.123 e. The van der Waals surface area contributed by atoms with Gasteiger partial charge in [0.05, 0.1) is 6.10 Å². The van der Waals surface area contributed by atoms with Gasteiger partial charge in [-0.15, -0.1) is 0 Å². The summed E-state index contributed by atoms with van der Waals surface area (Å²) in [5.74, 6) is -0.199. The zero-order chi connectivity index (χ0) is 16.6. The summed E-state index contributed by atoms with van der Waals surface area (Å²) in [4.78, 5) is 7.82. The Hall–Kier alpha value is -1.43. The van der Waals surface area contributed by atoms with Gasteiger partial charge in [0.2, 0.25) is 0 Å². The number of hydrogen-bond donors (Lipinski definition) is 2. The van der Waals surface area contributed by atoms with Crippen molar-refractivity contribution in [2.24, 2.45) is 0 Å². The Kier molecular flexibility index (Phi) is 4.71. The molecule has 0 bridgehead atoms. The van der Waals surface area contributed by atoms with E-state index in [0.29, 0.717) is 19.1 Å². The van der Waals surface area contributed by atoms with Crippen LogP contribution in [0, 0.1) is 5.82 Å². The average Bonchev–Trinajstić information content (AvgIpc) is 2.84. The lowest BCUT2D eigenvalue weighted by molar-refractivity contribution is 0.0687. The van der Waals surface area contributed by atoms with Crippen molar-refractivity contribution in [2.45, 2.75) is 39.0 Å². The number of hydrogen-bond acceptors (Lipinski definition) is 3. The summed E-state index contributed by atoms with van der Waals surface area (Å²) in [7, 11) is 2.03. The first-order chi connectivity index (χ1) is 10.9. The van der Waals surface area contributed by atoms with Crippen molar-refractivity contribution >= 4 is 10.9 Å². The number of nitrogens with zero attached hydrogens (tertiary/aromatic N) is 2. The fourth-order valence-corrected chi connectivity index (χ4v) is 3.30. The Morgan fingerprint density at radius 2 is 2.17 bits per heavy atom. The molecular weight excluding hydrogens is 293 g/mol. The van der Waals surface area contributed by atoms with Crippen LogP contribution in [0.4, 0.5) is 4.39 Å². The Labute approximate surface area is 136 Å². The van der Waals surface area contributed by atoms with Crippen molar-refractivity contribution in [1.29, 1.82) is 0 Å². The van der Waals surface area contributed by atoms with E-state index in [-0.39, 0.29) is 11.9 Å². The van der Waals surface area contributed by atoms with Gasteiger partial charge >= 0.3 is 0 Å². The molecule has 126 valence electrons. The molecule has 4 nitrogen and oxygen atoms in total. The zero-order valence-electron chi connectivity index (χ0n) is 14.1. The lowest BCUT2D eigenvalue weighted by atomic mass is 10.0. The zero-order valence-corrected chi connectivity index (χ0v) is 14.1. The lowest BCUT2D eigenvalue weighted by Crippen LogP contribution is -2.42. The number of aromatic amines is 1. The van der Waals surface area contributed by atoms with Crippen LogP contribution in [0.25, 0.3) is 10.9 Å². The number of likely N-dealkylation sites (N-methyl/N-ethyl adjacent to an activating group) is 1. The molecule has 1 aromatic heterocycles. The molecule has 2 N–H and O–H groups in total. The number of aromatic nitrogens is 1. The van der Waals surface area contributed by atoms with Gasteiger partial charge in [0, 0.05) is 55.2 Å². The third-order valence-electron chi connectivity index (χ3n) is 4.87. The predicted octanol–water partition coefficient (Wildman–Crippen LogP) is 2.37. The molecule has 0 saturated heterocycles. The monoisotopic (exact) mass is 319 g/mol. The van der Waals surface area contributed by atoms with Crippen LogP contribution >= 0.6 is 0 Å². The second-order valence-electron chi connectivity index (χ2n) is 6.94. The predicted molar refractivity (Wildman–Crippen MR) is 91.0 cm³/mol. The molecule has 0 spiro atoms. The van der Waals surface area contributed by atoms with E-state index in [1.165, 1.54) is 17.3 Å². The number of β-amino-alcohol motifs (C(OH)–C–C–N with tert-alkyl or cyclic N) is 1. The molecule has 0 amide bonds. The quantitative estimate of drug-likeness (QED) is 0.889. The molecule has 3 rings (SSSR count). The van der Waals surface area contributed by atoms with Gasteiger partial charge < -0.3 is 15.0 Å². The third kappa shape index (κ3) is 3.57. The second kappa shape index (κ2) is 6.59. The molecule has 1 unspecified atom stereocenters. The number of aliphatic hydroxyl groups excluding tert-OH is 1. The summed E-state index contributed by atoms with van der Waals surface area (Å²) >= 11 is 0. The van der Waals surface area contributed by atoms with Crippen LogP contribution in [0.1, 0.15) is 25.1 Å². The summed E-state index contributed by atoms with van der Waals surface area (Å²) in [6.45, 7) is 7.26. The largest absolute Gasteiger partial charge is 0.390 e. The van der Waals surface area contributed by atoms with Gasteiger partial charge in [-0.3, -0.25) is 4.90 Å². The molecule has 0 fully saturated rings. The minimum atomic E-state index is -0.370. The number of nitrogens with one attached hydrogen (secondary N) is 1. The molecule has 0 aliphatic carbocycles. The average molecular weight is 319 g/mol. The summed E-state index contributed by atoms with van der Waals surface area (Å²) in [6, 6.07) is 5.33. The van der Waals surface area contributed by atoms with E-state index >= 15 is 0 Å². The number of aliphatic hydroxyl groups is 1. The first kappa shape index (κ1) is 16.4. The van der Waals surface area contributed by atoms with Crippen LogP contribution in [0.2, 0.25) is 0 Å². The number of halogens is 1. The molecular formula is C18H26FN3O. The fourth-order valence-electron chi connectivity index (χ4n) is 3.30. The first-order valence-corrected chi connectivity index (χ1v) is 8.33. The van der Waals surface area contributed by atoms with Gasteiger partial charge in [-0.05, 0) is 44.7 Å². The maximum atomic E-state index is 13.5. The Morgan fingerprint density at radius 3 is 2.91 bits per heavy atom. The normalized spacial score (nSPS) is 17.2. The molecule has 5 heteroatoms. The van der Waals surface area contributed by atoms with Crippen LogP contribution in [0.5, 0.6) is 0 Å². The minimum Gasteiger partial charge on any atom is -0.390 e. The van der Waals surface area contributed by atoms with Crippen molar-refractivity contribution in [3.8, 4) is 0 Å². The highest BCUT2D eigenvalue weighted by atomic mass is 19.1. The molecule has 1 aliphatic rings. The van der Waals surface area contributed by atoms with E-state index in [1.807, 2.05) is 7.05 Å². The van der Waals surface area contributed by atoms with Crippen LogP contribution < -0.4 is 0 Å². The Balaban J connectivity index is 1.70. The van der Waals surface area contributed by atoms with Gasteiger partial charge in [-0.1, -0.05) is 0 Å². The summed E-state index contributed by atoms with van der Waals surface area (Å²) in [6.07, 6.45) is 0.546. The van der Waals surface area contributed by atoms with Gasteiger partial charge in [-0.25, -0.2) is 4.39 Å². The van der Waals surface area contributed by atoms with Gasteiger partial charge in [0.1, 0.15) is 5.82 Å². The van der Waals surface area contributed by atoms with E-state index in [2.05, 4.69) is 28.6 Å². The number of H-pyrrole nitrogens is 1. The molecule has 0 saturated carbocycles. The van der Waals surface area contributed by atoms with E-state index in [9.17, 15) is 9.50 Å². The summed E-state index contributed by atoms with van der Waals surface area (Å²) < 4.78 is 13.5. The summed E-state index contributed by atoms with van der Waals surface area (Å²) in [5.41, 5.74) is 3.38. The highest BCUT2D eigenvalue weighted by molar-refractivity contribution is 5.84. The van der Waals surface area contributed by atoms with Crippen molar-refractivity contribution in [2.75, 3.05) is 26.7 Å². The van der Waals surface area contributed by atoms with E-state index < -0.39 is 0 Å². The summed E-state index contributed by atoms with van der Waals surface area (Å²) in [5, 5.41) is 11.3. The third-order valence-corrected chi connectivity index (χ3v) is 4.87. The maximum Gasteiger partial charge on any atom is 0.123 e. The molecule has 2 aromatic rings. The van der Waals surface area contributed by atoms with Gasteiger partial charge in [-0.2, -0.15) is 0 Å². The molecule has 1 aliphatic heterocycles. The maximum absolute atomic E-state index is 13.5. The van der Waals surface area contributed by atoms with Gasteiger partial charge in [0.15, 0.2) is 0 Å². The second-order valence-corrected chi connectivity index (χ2v) is 6.94. The molecule has 1 atom stereocenters. The molecule has 0 radical (unpaired) electrons. The SMILES string of the molecule is CC(C)N(C)CC(O)CN1CCc2[nH]c3ccc(F)cc3c2C1. The Morgan fingerprint density at radius 1 is 1.39 bits per heavy atom. The highest BCUT2D eigenvalue weighted by Crippen LogP contribution is 2.28. The first-order valence-electron chi connectivity index (χ1n) is 8.33. The highest BCUT2D eigenvalue weighted by Gasteiger charge is 2.23. The van der Waals surface area contributed by atoms with E-state index in [1.54, 1.807) is 12.1 Å². The molecule has 1 aromatic carbocycles. The number of benzene rings is 1. The fraction of sp³-hybridized carbons (Fsp3) is 0.556.